The van der Waals surface area contributed by atoms with Gasteiger partial charge in [-0.1, -0.05) is 6.92 Å². The Morgan fingerprint density at radius 1 is 1.47 bits per heavy atom. The number of nitrogens with zero attached hydrogens (tertiary/aromatic N) is 1. The Hall–Kier alpha value is -0.870. The SMILES string of the molecule is CCc1sc(C(=O)N(CC)CCCO)cc1C. The molecule has 0 aliphatic carbocycles. The molecule has 0 unspecified atom stereocenters. The van der Waals surface area contributed by atoms with Crippen molar-refractivity contribution < 1.29 is 9.90 Å². The van der Waals surface area contributed by atoms with Crippen LogP contribution in [0.1, 0.15) is 40.4 Å². The number of amides is 1. The van der Waals surface area contributed by atoms with Gasteiger partial charge in [0.2, 0.25) is 0 Å². The van der Waals surface area contributed by atoms with Gasteiger partial charge in [0, 0.05) is 24.6 Å². The van der Waals surface area contributed by atoms with Crippen molar-refractivity contribution >= 4 is 17.2 Å². The lowest BCUT2D eigenvalue weighted by Gasteiger charge is -2.19. The fourth-order valence-corrected chi connectivity index (χ4v) is 2.88. The number of rotatable bonds is 6. The normalized spacial score (nSPS) is 10.6. The van der Waals surface area contributed by atoms with Gasteiger partial charge in [0.15, 0.2) is 0 Å². The van der Waals surface area contributed by atoms with Crippen LogP contribution >= 0.6 is 11.3 Å². The van der Waals surface area contributed by atoms with Crippen molar-refractivity contribution in [1.29, 1.82) is 0 Å². The van der Waals surface area contributed by atoms with Gasteiger partial charge >= 0.3 is 0 Å². The van der Waals surface area contributed by atoms with Crippen molar-refractivity contribution in [3.63, 3.8) is 0 Å². The molecule has 17 heavy (non-hydrogen) atoms. The third-order valence-corrected chi connectivity index (χ3v) is 4.18. The zero-order valence-corrected chi connectivity index (χ0v) is 11.6. The van der Waals surface area contributed by atoms with E-state index in [-0.39, 0.29) is 12.5 Å². The maximum absolute atomic E-state index is 12.2. The predicted molar refractivity (Wildman–Crippen MR) is 71.7 cm³/mol. The number of carbonyl (C=O) groups excluding carboxylic acids is 1. The van der Waals surface area contributed by atoms with E-state index < -0.39 is 0 Å². The first-order valence-electron chi connectivity index (χ1n) is 6.13. The molecule has 0 fully saturated rings. The molecule has 0 atom stereocenters. The largest absolute Gasteiger partial charge is 0.396 e. The number of carbonyl (C=O) groups is 1. The molecule has 1 amide bonds. The summed E-state index contributed by atoms with van der Waals surface area (Å²) in [6, 6.07) is 1.98. The monoisotopic (exact) mass is 255 g/mol. The van der Waals surface area contributed by atoms with Gasteiger partial charge in [-0.15, -0.1) is 11.3 Å². The van der Waals surface area contributed by atoms with E-state index in [2.05, 4.69) is 13.8 Å². The molecule has 0 aliphatic rings. The Morgan fingerprint density at radius 2 is 2.18 bits per heavy atom. The molecule has 0 bridgehead atoms. The van der Waals surface area contributed by atoms with Crippen LogP contribution in [-0.2, 0) is 6.42 Å². The minimum absolute atomic E-state index is 0.0914. The van der Waals surface area contributed by atoms with E-state index in [4.69, 9.17) is 5.11 Å². The summed E-state index contributed by atoms with van der Waals surface area (Å²) in [4.78, 5) is 16.1. The second-order valence-corrected chi connectivity index (χ2v) is 5.17. The van der Waals surface area contributed by atoms with E-state index in [0.717, 1.165) is 11.3 Å². The van der Waals surface area contributed by atoms with Crippen molar-refractivity contribution in [3.8, 4) is 0 Å². The van der Waals surface area contributed by atoms with E-state index in [0.29, 0.717) is 19.5 Å². The van der Waals surface area contributed by atoms with Crippen LogP contribution < -0.4 is 0 Å². The molecule has 0 aromatic carbocycles. The van der Waals surface area contributed by atoms with Crippen molar-refractivity contribution in [2.75, 3.05) is 19.7 Å². The molecule has 0 aliphatic heterocycles. The van der Waals surface area contributed by atoms with Crippen molar-refractivity contribution in [2.45, 2.75) is 33.6 Å². The zero-order chi connectivity index (χ0) is 12.8. The molecule has 0 saturated carbocycles. The second-order valence-electron chi connectivity index (χ2n) is 4.03. The second kappa shape index (κ2) is 6.77. The van der Waals surface area contributed by atoms with Crippen LogP contribution in [0.3, 0.4) is 0 Å². The van der Waals surface area contributed by atoms with E-state index >= 15 is 0 Å². The van der Waals surface area contributed by atoms with Crippen molar-refractivity contribution in [1.82, 2.24) is 4.90 Å². The lowest BCUT2D eigenvalue weighted by molar-refractivity contribution is 0.0759. The summed E-state index contributed by atoms with van der Waals surface area (Å²) in [5, 5.41) is 8.81. The minimum atomic E-state index is 0.0914. The third kappa shape index (κ3) is 3.54. The topological polar surface area (TPSA) is 40.5 Å². The van der Waals surface area contributed by atoms with Gasteiger partial charge in [-0.2, -0.15) is 0 Å². The molecule has 1 aromatic rings. The molecule has 0 radical (unpaired) electrons. The lowest BCUT2D eigenvalue weighted by atomic mass is 10.2. The van der Waals surface area contributed by atoms with Crippen molar-refractivity contribution in [2.24, 2.45) is 0 Å². The molecule has 96 valence electrons. The Kier molecular flexibility index (Phi) is 5.65. The van der Waals surface area contributed by atoms with Gasteiger partial charge in [0.1, 0.15) is 0 Å². The number of hydrogen-bond acceptors (Lipinski definition) is 3. The zero-order valence-electron chi connectivity index (χ0n) is 10.8. The average Bonchev–Trinajstić information content (AvgIpc) is 2.71. The Balaban J connectivity index is 2.78. The summed E-state index contributed by atoms with van der Waals surface area (Å²) >= 11 is 1.59. The van der Waals surface area contributed by atoms with Crippen LogP contribution in [0.5, 0.6) is 0 Å². The molecule has 4 heteroatoms. The first-order valence-corrected chi connectivity index (χ1v) is 6.95. The summed E-state index contributed by atoms with van der Waals surface area (Å²) in [6.45, 7) is 7.58. The van der Waals surface area contributed by atoms with Crippen LogP contribution in [0.4, 0.5) is 0 Å². The molecule has 3 nitrogen and oxygen atoms in total. The van der Waals surface area contributed by atoms with E-state index in [1.54, 1.807) is 16.2 Å². The number of hydrogen-bond donors (Lipinski definition) is 1. The lowest BCUT2D eigenvalue weighted by Crippen LogP contribution is -2.31. The van der Waals surface area contributed by atoms with E-state index in [1.165, 1.54) is 10.4 Å². The third-order valence-electron chi connectivity index (χ3n) is 2.81. The molecule has 1 N–H and O–H groups in total. The summed E-state index contributed by atoms with van der Waals surface area (Å²) in [5.41, 5.74) is 1.21. The quantitative estimate of drug-likeness (QED) is 0.848. The first-order chi connectivity index (χ1) is 8.13. The summed E-state index contributed by atoms with van der Waals surface area (Å²) in [6.07, 6.45) is 1.62. The highest BCUT2D eigenvalue weighted by Crippen LogP contribution is 2.23. The van der Waals surface area contributed by atoms with Crippen molar-refractivity contribution in [3.05, 3.63) is 21.4 Å². The summed E-state index contributed by atoms with van der Waals surface area (Å²) in [7, 11) is 0. The van der Waals surface area contributed by atoms with Crippen LogP contribution in [0.25, 0.3) is 0 Å². The summed E-state index contributed by atoms with van der Waals surface area (Å²) in [5.74, 6) is 0.0914. The van der Waals surface area contributed by atoms with Gasteiger partial charge < -0.3 is 10.0 Å². The average molecular weight is 255 g/mol. The first kappa shape index (κ1) is 14.2. The fraction of sp³-hybridized carbons (Fsp3) is 0.615. The highest BCUT2D eigenvalue weighted by Gasteiger charge is 2.17. The van der Waals surface area contributed by atoms with E-state index in [9.17, 15) is 4.79 Å². The van der Waals surface area contributed by atoms with E-state index in [1.807, 2.05) is 13.0 Å². The van der Waals surface area contributed by atoms with Crippen LogP contribution in [-0.4, -0.2) is 35.6 Å². The van der Waals surface area contributed by atoms with Gasteiger partial charge in [-0.05, 0) is 38.3 Å². The van der Waals surface area contributed by atoms with Gasteiger partial charge in [0.05, 0.1) is 4.88 Å². The predicted octanol–water partition coefficient (Wildman–Crippen LogP) is 2.46. The van der Waals surface area contributed by atoms with Gasteiger partial charge in [-0.25, -0.2) is 0 Å². The number of aliphatic hydroxyl groups excluding tert-OH is 1. The van der Waals surface area contributed by atoms with Crippen LogP contribution in [0.15, 0.2) is 6.07 Å². The molecular formula is C13H21NO2S. The standard InChI is InChI=1S/C13H21NO2S/c1-4-11-10(3)9-12(17-11)13(16)14(5-2)7-6-8-15/h9,15H,4-8H2,1-3H3. The maximum atomic E-state index is 12.2. The van der Waals surface area contributed by atoms with Crippen LogP contribution in [0.2, 0.25) is 0 Å². The number of aryl methyl sites for hydroxylation is 2. The molecule has 0 saturated heterocycles. The highest BCUT2D eigenvalue weighted by atomic mass is 32.1. The fourth-order valence-electron chi connectivity index (χ4n) is 1.80. The van der Waals surface area contributed by atoms with Crippen LogP contribution in [0, 0.1) is 6.92 Å². The number of thiophene rings is 1. The molecular weight excluding hydrogens is 234 g/mol. The minimum Gasteiger partial charge on any atom is -0.396 e. The maximum Gasteiger partial charge on any atom is 0.263 e. The number of aliphatic hydroxyl groups is 1. The Labute approximate surface area is 107 Å². The molecule has 1 rings (SSSR count). The molecule has 0 spiro atoms. The van der Waals surface area contributed by atoms with Gasteiger partial charge in [0.25, 0.3) is 5.91 Å². The smallest absolute Gasteiger partial charge is 0.263 e. The molecule has 1 heterocycles. The molecule has 1 aromatic heterocycles. The van der Waals surface area contributed by atoms with Gasteiger partial charge in [-0.3, -0.25) is 4.79 Å². The summed E-state index contributed by atoms with van der Waals surface area (Å²) < 4.78 is 0. The Morgan fingerprint density at radius 3 is 2.65 bits per heavy atom. The Bertz CT molecular complexity index is 373. The highest BCUT2D eigenvalue weighted by molar-refractivity contribution is 7.14.